The number of hydrogen-bond acceptors (Lipinski definition) is 3. The summed E-state index contributed by atoms with van der Waals surface area (Å²) in [6.45, 7) is 7.61. The number of rotatable bonds is 3. The zero-order valence-corrected chi connectivity index (χ0v) is 11.8. The lowest BCUT2D eigenvalue weighted by atomic mass is 9.86. The second-order valence-electron chi connectivity index (χ2n) is 5.15. The van der Waals surface area contributed by atoms with Gasteiger partial charge in [0, 0.05) is 17.1 Å². The van der Waals surface area contributed by atoms with Crippen LogP contribution in [0.5, 0.6) is 11.5 Å². The van der Waals surface area contributed by atoms with Gasteiger partial charge in [0.15, 0.2) is 11.5 Å². The van der Waals surface area contributed by atoms with E-state index >= 15 is 0 Å². The predicted octanol–water partition coefficient (Wildman–Crippen LogP) is 3.40. The third kappa shape index (κ3) is 2.57. The summed E-state index contributed by atoms with van der Waals surface area (Å²) in [7, 11) is 0. The predicted molar refractivity (Wildman–Crippen MR) is 73.4 cm³/mol. The fourth-order valence-corrected chi connectivity index (χ4v) is 2.31. The molecule has 0 spiro atoms. The van der Waals surface area contributed by atoms with Crippen molar-refractivity contribution in [2.24, 2.45) is 17.6 Å². The maximum absolute atomic E-state index is 6.29. The molecule has 0 radical (unpaired) electrons. The van der Waals surface area contributed by atoms with Crippen LogP contribution in [0.25, 0.3) is 0 Å². The molecule has 0 aromatic heterocycles. The van der Waals surface area contributed by atoms with E-state index in [2.05, 4.69) is 20.8 Å². The molecule has 1 aromatic rings. The quantitative estimate of drug-likeness (QED) is 0.915. The molecule has 100 valence electrons. The Morgan fingerprint density at radius 2 is 1.67 bits per heavy atom. The first kappa shape index (κ1) is 13.5. The number of benzene rings is 1. The van der Waals surface area contributed by atoms with Crippen molar-refractivity contribution in [2.75, 3.05) is 13.2 Å². The van der Waals surface area contributed by atoms with Crippen molar-refractivity contribution in [3.63, 3.8) is 0 Å². The van der Waals surface area contributed by atoms with Crippen LogP contribution in [-0.4, -0.2) is 13.2 Å². The Morgan fingerprint density at radius 1 is 1.11 bits per heavy atom. The fourth-order valence-electron chi connectivity index (χ4n) is 2.03. The molecule has 0 aliphatic carbocycles. The standard InChI is InChI=1S/C14H20ClNO2/c1-8(2)9(3)14(16)10-6-12-13(7-11(10)15)18-5-4-17-12/h6-9,14H,4-5,16H2,1-3H3. The summed E-state index contributed by atoms with van der Waals surface area (Å²) in [5.41, 5.74) is 7.23. The monoisotopic (exact) mass is 269 g/mol. The second-order valence-corrected chi connectivity index (χ2v) is 5.55. The highest BCUT2D eigenvalue weighted by molar-refractivity contribution is 6.31. The van der Waals surface area contributed by atoms with Crippen molar-refractivity contribution in [2.45, 2.75) is 26.8 Å². The van der Waals surface area contributed by atoms with Gasteiger partial charge < -0.3 is 15.2 Å². The van der Waals surface area contributed by atoms with Crippen LogP contribution >= 0.6 is 11.6 Å². The maximum Gasteiger partial charge on any atom is 0.162 e. The van der Waals surface area contributed by atoms with Crippen LogP contribution in [0, 0.1) is 11.8 Å². The normalized spacial score (nSPS) is 17.7. The van der Waals surface area contributed by atoms with Crippen LogP contribution in [0.2, 0.25) is 5.02 Å². The molecule has 0 amide bonds. The first-order valence-corrected chi connectivity index (χ1v) is 6.73. The lowest BCUT2D eigenvalue weighted by Crippen LogP contribution is -2.24. The van der Waals surface area contributed by atoms with Gasteiger partial charge in [0.05, 0.1) is 0 Å². The summed E-state index contributed by atoms with van der Waals surface area (Å²) in [4.78, 5) is 0. The first-order chi connectivity index (χ1) is 8.50. The molecular weight excluding hydrogens is 250 g/mol. The Balaban J connectivity index is 2.33. The average molecular weight is 270 g/mol. The highest BCUT2D eigenvalue weighted by atomic mass is 35.5. The Hall–Kier alpha value is -0.930. The molecule has 4 heteroatoms. The molecule has 2 unspecified atom stereocenters. The molecule has 0 saturated heterocycles. The Morgan fingerprint density at radius 3 is 2.22 bits per heavy atom. The molecule has 2 N–H and O–H groups in total. The Bertz CT molecular complexity index is 434. The van der Waals surface area contributed by atoms with Gasteiger partial charge in [0.1, 0.15) is 13.2 Å². The number of nitrogens with two attached hydrogens (primary N) is 1. The summed E-state index contributed by atoms with van der Waals surface area (Å²) in [6.07, 6.45) is 0. The summed E-state index contributed by atoms with van der Waals surface area (Å²) in [5, 5.41) is 0.652. The maximum atomic E-state index is 6.29. The van der Waals surface area contributed by atoms with Crippen molar-refractivity contribution in [3.8, 4) is 11.5 Å². The molecule has 2 atom stereocenters. The van der Waals surface area contributed by atoms with Gasteiger partial charge >= 0.3 is 0 Å². The van der Waals surface area contributed by atoms with Gasteiger partial charge in [-0.25, -0.2) is 0 Å². The number of hydrogen-bond donors (Lipinski definition) is 1. The molecule has 0 saturated carbocycles. The third-order valence-electron chi connectivity index (χ3n) is 3.64. The van der Waals surface area contributed by atoms with Crippen molar-refractivity contribution < 1.29 is 9.47 Å². The summed E-state index contributed by atoms with van der Waals surface area (Å²) in [5.74, 6) is 2.31. The van der Waals surface area contributed by atoms with E-state index in [0.29, 0.717) is 35.8 Å². The molecule has 0 bridgehead atoms. The van der Waals surface area contributed by atoms with Crippen LogP contribution in [0.3, 0.4) is 0 Å². The van der Waals surface area contributed by atoms with Crippen LogP contribution in [-0.2, 0) is 0 Å². The molecule has 1 aliphatic heterocycles. The molecule has 1 heterocycles. The number of ether oxygens (including phenoxy) is 2. The van der Waals surface area contributed by atoms with Gasteiger partial charge in [0.2, 0.25) is 0 Å². The highest BCUT2D eigenvalue weighted by Crippen LogP contribution is 2.39. The first-order valence-electron chi connectivity index (χ1n) is 6.35. The fraction of sp³-hybridized carbons (Fsp3) is 0.571. The molecule has 3 nitrogen and oxygen atoms in total. The van der Waals surface area contributed by atoms with E-state index in [1.54, 1.807) is 6.07 Å². The molecule has 1 aliphatic rings. The van der Waals surface area contributed by atoms with Crippen molar-refractivity contribution in [3.05, 3.63) is 22.7 Å². The van der Waals surface area contributed by atoms with E-state index in [1.165, 1.54) is 0 Å². The SMILES string of the molecule is CC(C)C(C)C(N)c1cc2c(cc1Cl)OCCO2. The van der Waals surface area contributed by atoms with E-state index in [4.69, 9.17) is 26.8 Å². The number of halogens is 1. The third-order valence-corrected chi connectivity index (χ3v) is 3.97. The minimum Gasteiger partial charge on any atom is -0.486 e. The molecule has 1 aromatic carbocycles. The molecular formula is C14H20ClNO2. The topological polar surface area (TPSA) is 44.5 Å². The minimum absolute atomic E-state index is 0.0895. The van der Waals surface area contributed by atoms with Gasteiger partial charge in [-0.2, -0.15) is 0 Å². The van der Waals surface area contributed by atoms with E-state index in [9.17, 15) is 0 Å². The summed E-state index contributed by atoms with van der Waals surface area (Å²) >= 11 is 6.29. The largest absolute Gasteiger partial charge is 0.486 e. The molecule has 18 heavy (non-hydrogen) atoms. The summed E-state index contributed by atoms with van der Waals surface area (Å²) < 4.78 is 11.1. The van der Waals surface area contributed by atoms with E-state index in [1.807, 2.05) is 6.07 Å². The van der Waals surface area contributed by atoms with Crippen LogP contribution in [0.15, 0.2) is 12.1 Å². The lowest BCUT2D eigenvalue weighted by molar-refractivity contribution is 0.171. The number of fused-ring (bicyclic) bond motifs is 1. The van der Waals surface area contributed by atoms with Crippen LogP contribution in [0.4, 0.5) is 0 Å². The Kier molecular flexibility index (Phi) is 4.03. The highest BCUT2D eigenvalue weighted by Gasteiger charge is 2.23. The van der Waals surface area contributed by atoms with Gasteiger partial charge in [0.25, 0.3) is 0 Å². The van der Waals surface area contributed by atoms with E-state index in [0.717, 1.165) is 11.3 Å². The van der Waals surface area contributed by atoms with E-state index < -0.39 is 0 Å². The van der Waals surface area contributed by atoms with Gasteiger partial charge in [-0.3, -0.25) is 0 Å². The zero-order chi connectivity index (χ0) is 13.3. The van der Waals surface area contributed by atoms with Gasteiger partial charge in [-0.1, -0.05) is 32.4 Å². The minimum atomic E-state index is -0.0895. The van der Waals surface area contributed by atoms with Crippen LogP contribution < -0.4 is 15.2 Å². The zero-order valence-electron chi connectivity index (χ0n) is 11.1. The van der Waals surface area contributed by atoms with Crippen molar-refractivity contribution in [1.82, 2.24) is 0 Å². The molecule has 0 fully saturated rings. The average Bonchev–Trinajstić information content (AvgIpc) is 2.36. The molecule has 2 rings (SSSR count). The van der Waals surface area contributed by atoms with Crippen molar-refractivity contribution in [1.29, 1.82) is 0 Å². The van der Waals surface area contributed by atoms with E-state index in [-0.39, 0.29) is 6.04 Å². The lowest BCUT2D eigenvalue weighted by Gasteiger charge is -2.26. The summed E-state index contributed by atoms with van der Waals surface area (Å²) in [6, 6.07) is 3.63. The van der Waals surface area contributed by atoms with Crippen LogP contribution in [0.1, 0.15) is 32.4 Å². The second kappa shape index (κ2) is 5.37. The van der Waals surface area contributed by atoms with Gasteiger partial charge in [-0.15, -0.1) is 0 Å². The Labute approximate surface area is 113 Å². The van der Waals surface area contributed by atoms with Crippen molar-refractivity contribution >= 4 is 11.6 Å². The smallest absolute Gasteiger partial charge is 0.162 e. The van der Waals surface area contributed by atoms with Gasteiger partial charge in [-0.05, 0) is 23.5 Å².